The van der Waals surface area contributed by atoms with Gasteiger partial charge in [0.1, 0.15) is 0 Å². The van der Waals surface area contributed by atoms with Crippen LogP contribution in [0.1, 0.15) is 5.56 Å². The summed E-state index contributed by atoms with van der Waals surface area (Å²) in [5.74, 6) is 0.0744. The Balaban J connectivity index is 3.03. The van der Waals surface area contributed by atoms with E-state index in [1.165, 1.54) is 6.26 Å². The first-order chi connectivity index (χ1) is 5.87. The van der Waals surface area contributed by atoms with Crippen LogP contribution in [-0.2, 0) is 15.6 Å². The summed E-state index contributed by atoms with van der Waals surface area (Å²) in [5, 5.41) is 0. The van der Waals surface area contributed by atoms with Crippen molar-refractivity contribution in [2.45, 2.75) is 5.75 Å². The number of hydrogen-bond acceptors (Lipinski definition) is 2. The molecule has 1 aromatic carbocycles. The summed E-state index contributed by atoms with van der Waals surface area (Å²) in [4.78, 5) is 0. The van der Waals surface area contributed by atoms with Gasteiger partial charge in [-0.15, -0.1) is 0 Å². The maximum absolute atomic E-state index is 11.0. The molecule has 72 valence electrons. The molecule has 0 aromatic heterocycles. The Bertz CT molecular complexity index is 392. The zero-order valence-corrected chi connectivity index (χ0v) is 10.9. The van der Waals surface area contributed by atoms with Crippen molar-refractivity contribution in [1.82, 2.24) is 0 Å². The van der Waals surface area contributed by atoms with Gasteiger partial charge < -0.3 is 0 Å². The number of halogens is 2. The monoisotopic (exact) mass is 326 g/mol. The fourth-order valence-electron chi connectivity index (χ4n) is 0.997. The molecule has 0 unspecified atom stereocenters. The Morgan fingerprint density at radius 1 is 1.15 bits per heavy atom. The smallest absolute Gasteiger partial charge is 0.151 e. The molecule has 0 amide bonds. The first-order valence-electron chi connectivity index (χ1n) is 3.49. The van der Waals surface area contributed by atoms with Crippen molar-refractivity contribution in [2.75, 3.05) is 6.26 Å². The maximum atomic E-state index is 11.0. The van der Waals surface area contributed by atoms with Gasteiger partial charge in [0.2, 0.25) is 0 Å². The van der Waals surface area contributed by atoms with E-state index in [0.717, 1.165) is 14.5 Å². The van der Waals surface area contributed by atoms with Crippen molar-refractivity contribution in [3.63, 3.8) is 0 Å². The van der Waals surface area contributed by atoms with E-state index < -0.39 is 9.84 Å². The lowest BCUT2D eigenvalue weighted by Gasteiger charge is -2.01. The number of benzene rings is 1. The Morgan fingerprint density at radius 3 is 2.00 bits per heavy atom. The van der Waals surface area contributed by atoms with Gasteiger partial charge in [-0.25, -0.2) is 8.42 Å². The van der Waals surface area contributed by atoms with Gasteiger partial charge >= 0.3 is 0 Å². The van der Waals surface area contributed by atoms with Crippen LogP contribution in [0.4, 0.5) is 0 Å². The van der Waals surface area contributed by atoms with E-state index in [1.54, 1.807) is 12.1 Å². The molecule has 2 nitrogen and oxygen atoms in total. The molecule has 0 fully saturated rings. The quantitative estimate of drug-likeness (QED) is 0.837. The van der Waals surface area contributed by atoms with Crippen LogP contribution >= 0.6 is 31.9 Å². The van der Waals surface area contributed by atoms with Crippen LogP contribution in [-0.4, -0.2) is 14.7 Å². The van der Waals surface area contributed by atoms with Crippen molar-refractivity contribution in [3.8, 4) is 0 Å². The summed E-state index contributed by atoms with van der Waals surface area (Å²) in [6, 6.07) is 5.46. The normalized spacial score (nSPS) is 11.6. The summed E-state index contributed by atoms with van der Waals surface area (Å²) >= 11 is 6.59. The highest BCUT2D eigenvalue weighted by Gasteiger charge is 2.05. The van der Waals surface area contributed by atoms with Gasteiger partial charge in [-0.1, -0.05) is 31.9 Å². The molecule has 0 aliphatic carbocycles. The van der Waals surface area contributed by atoms with E-state index in [4.69, 9.17) is 0 Å². The van der Waals surface area contributed by atoms with Crippen molar-refractivity contribution in [2.24, 2.45) is 0 Å². The Hall–Kier alpha value is 0.130. The van der Waals surface area contributed by atoms with Gasteiger partial charge in [-0.3, -0.25) is 0 Å². The van der Waals surface area contributed by atoms with Crippen molar-refractivity contribution >= 4 is 41.7 Å². The van der Waals surface area contributed by atoms with Crippen LogP contribution in [0.25, 0.3) is 0 Å². The van der Waals surface area contributed by atoms with E-state index in [-0.39, 0.29) is 5.75 Å². The molecule has 0 bridgehead atoms. The highest BCUT2D eigenvalue weighted by atomic mass is 79.9. The van der Waals surface area contributed by atoms with Crippen molar-refractivity contribution in [3.05, 3.63) is 32.7 Å². The van der Waals surface area contributed by atoms with E-state index >= 15 is 0 Å². The molecule has 5 heteroatoms. The second-order valence-corrected chi connectivity index (χ2v) is 6.82. The van der Waals surface area contributed by atoms with Gasteiger partial charge in [0.25, 0.3) is 0 Å². The average Bonchev–Trinajstić information content (AvgIpc) is 1.78. The number of hydrogen-bond donors (Lipinski definition) is 0. The second kappa shape index (κ2) is 4.11. The first-order valence-corrected chi connectivity index (χ1v) is 7.14. The fraction of sp³-hybridized carbons (Fsp3) is 0.250. The number of rotatable bonds is 2. The van der Waals surface area contributed by atoms with Gasteiger partial charge in [0.15, 0.2) is 9.84 Å². The largest absolute Gasteiger partial charge is 0.229 e. The minimum absolute atomic E-state index is 0.0744. The highest BCUT2D eigenvalue weighted by Crippen LogP contribution is 2.21. The molecule has 0 aliphatic rings. The summed E-state index contributed by atoms with van der Waals surface area (Å²) in [6.07, 6.45) is 1.22. The Morgan fingerprint density at radius 2 is 1.62 bits per heavy atom. The Labute approximate surface area is 94.5 Å². The van der Waals surface area contributed by atoms with Crippen LogP contribution < -0.4 is 0 Å². The molecule has 0 heterocycles. The minimum Gasteiger partial charge on any atom is -0.229 e. The minimum atomic E-state index is -2.95. The Kier molecular flexibility index (Phi) is 3.54. The molecule has 1 rings (SSSR count). The molecule has 0 saturated carbocycles. The molecule has 0 N–H and O–H groups in total. The highest BCUT2D eigenvalue weighted by molar-refractivity contribution is 9.11. The first kappa shape index (κ1) is 11.2. The molecule has 0 aliphatic heterocycles. The van der Waals surface area contributed by atoms with Gasteiger partial charge in [0, 0.05) is 15.2 Å². The van der Waals surface area contributed by atoms with E-state index in [2.05, 4.69) is 31.9 Å². The lowest BCUT2D eigenvalue weighted by atomic mass is 10.2. The van der Waals surface area contributed by atoms with Crippen molar-refractivity contribution in [1.29, 1.82) is 0 Å². The maximum Gasteiger partial charge on any atom is 0.151 e. The summed E-state index contributed by atoms with van der Waals surface area (Å²) < 4.78 is 23.7. The van der Waals surface area contributed by atoms with Gasteiger partial charge in [-0.05, 0) is 23.8 Å². The predicted octanol–water partition coefficient (Wildman–Crippen LogP) is 2.76. The summed E-state index contributed by atoms with van der Waals surface area (Å²) in [5.41, 5.74) is 0.781. The van der Waals surface area contributed by atoms with Gasteiger partial charge in [0.05, 0.1) is 5.75 Å². The van der Waals surface area contributed by atoms with Crippen LogP contribution in [0.15, 0.2) is 27.1 Å². The third kappa shape index (κ3) is 4.24. The number of sulfone groups is 1. The predicted molar refractivity (Wildman–Crippen MR) is 60.4 cm³/mol. The summed E-state index contributed by atoms with van der Waals surface area (Å²) in [6.45, 7) is 0. The third-order valence-corrected chi connectivity index (χ3v) is 3.12. The topological polar surface area (TPSA) is 34.1 Å². The molecule has 1 aromatic rings. The van der Waals surface area contributed by atoms with E-state index in [9.17, 15) is 8.42 Å². The van der Waals surface area contributed by atoms with Crippen LogP contribution in [0.3, 0.4) is 0 Å². The van der Waals surface area contributed by atoms with E-state index in [0.29, 0.717) is 0 Å². The van der Waals surface area contributed by atoms with Crippen LogP contribution in [0.2, 0.25) is 0 Å². The van der Waals surface area contributed by atoms with Crippen LogP contribution in [0.5, 0.6) is 0 Å². The molecule has 0 saturated heterocycles. The van der Waals surface area contributed by atoms with Gasteiger partial charge in [-0.2, -0.15) is 0 Å². The SMILES string of the molecule is CS(=O)(=O)Cc1cc(Br)cc(Br)c1. The average molecular weight is 328 g/mol. The third-order valence-electron chi connectivity index (χ3n) is 1.35. The van der Waals surface area contributed by atoms with E-state index in [1.807, 2.05) is 6.07 Å². The second-order valence-electron chi connectivity index (χ2n) is 2.85. The lowest BCUT2D eigenvalue weighted by Crippen LogP contribution is -2.00. The molecule has 0 radical (unpaired) electrons. The molecule has 13 heavy (non-hydrogen) atoms. The fourth-order valence-corrected chi connectivity index (χ4v) is 3.16. The van der Waals surface area contributed by atoms with Crippen molar-refractivity contribution < 1.29 is 8.42 Å². The molecular formula is C8H8Br2O2S. The molecular weight excluding hydrogens is 320 g/mol. The molecule has 0 atom stereocenters. The standard InChI is InChI=1S/C8H8Br2O2S/c1-13(11,12)5-6-2-7(9)4-8(10)3-6/h2-4H,5H2,1H3. The zero-order valence-electron chi connectivity index (χ0n) is 6.92. The lowest BCUT2D eigenvalue weighted by molar-refractivity contribution is 0.601. The zero-order chi connectivity index (χ0) is 10.1. The summed E-state index contributed by atoms with van der Waals surface area (Å²) in [7, 11) is -2.95. The molecule has 0 spiro atoms. The van der Waals surface area contributed by atoms with Crippen LogP contribution in [0, 0.1) is 0 Å².